The summed E-state index contributed by atoms with van der Waals surface area (Å²) in [5.41, 5.74) is 4.11. The van der Waals surface area contributed by atoms with E-state index in [-0.39, 0.29) is 12.1 Å². The molecule has 0 amide bonds. The summed E-state index contributed by atoms with van der Waals surface area (Å²) in [5.74, 6) is 0.947. The lowest BCUT2D eigenvalue weighted by molar-refractivity contribution is 0.242. The molecule has 2 aromatic carbocycles. The molecule has 0 saturated carbocycles. The Morgan fingerprint density at radius 1 is 1.10 bits per heavy atom. The molecule has 0 bridgehead atoms. The number of ether oxygens (including phenoxy) is 1. The number of hydrogen-bond donors (Lipinski definition) is 1. The first-order chi connectivity index (χ1) is 9.74. The Bertz CT molecular complexity index is 591. The smallest absolute Gasteiger partial charge is 0.120 e. The van der Waals surface area contributed by atoms with E-state index in [0.29, 0.717) is 0 Å². The summed E-state index contributed by atoms with van der Waals surface area (Å²) in [5, 5.41) is 3.62. The average molecular weight is 267 g/mol. The van der Waals surface area contributed by atoms with Crippen molar-refractivity contribution in [2.45, 2.75) is 32.4 Å². The normalized spacial score (nSPS) is 17.9. The first-order valence-electron chi connectivity index (χ1n) is 7.32. The molecule has 1 heterocycles. The molecule has 1 atom stereocenters. The van der Waals surface area contributed by atoms with Crippen LogP contribution >= 0.6 is 0 Å². The Balaban J connectivity index is 1.94. The molecule has 104 valence electrons. The molecule has 20 heavy (non-hydrogen) atoms. The van der Waals surface area contributed by atoms with Crippen molar-refractivity contribution in [2.75, 3.05) is 6.54 Å². The van der Waals surface area contributed by atoms with Crippen LogP contribution in [0.15, 0.2) is 48.5 Å². The van der Waals surface area contributed by atoms with Gasteiger partial charge in [0.05, 0.1) is 12.1 Å². The second kappa shape index (κ2) is 5.68. The number of fused-ring (bicyclic) bond motifs is 1. The van der Waals surface area contributed by atoms with Crippen LogP contribution < -0.4 is 10.1 Å². The first-order valence-corrected chi connectivity index (χ1v) is 7.32. The van der Waals surface area contributed by atoms with Gasteiger partial charge in [0, 0.05) is 6.54 Å². The molecule has 2 nitrogen and oxygen atoms in total. The molecule has 3 rings (SSSR count). The summed E-state index contributed by atoms with van der Waals surface area (Å²) in [6.45, 7) is 5.14. The maximum atomic E-state index is 5.81. The van der Waals surface area contributed by atoms with Crippen LogP contribution in [0.25, 0.3) is 0 Å². The summed E-state index contributed by atoms with van der Waals surface area (Å²) in [7, 11) is 0. The third-order valence-corrected chi connectivity index (χ3v) is 3.67. The minimum atomic E-state index is 0.205. The molecule has 2 heteroatoms. The third-order valence-electron chi connectivity index (χ3n) is 3.67. The van der Waals surface area contributed by atoms with Gasteiger partial charge in [-0.1, -0.05) is 36.4 Å². The molecule has 0 aliphatic carbocycles. The monoisotopic (exact) mass is 267 g/mol. The lowest BCUT2D eigenvalue weighted by Crippen LogP contribution is -2.30. The van der Waals surface area contributed by atoms with E-state index >= 15 is 0 Å². The van der Waals surface area contributed by atoms with Gasteiger partial charge in [0.25, 0.3) is 0 Å². The van der Waals surface area contributed by atoms with Gasteiger partial charge in [-0.3, -0.25) is 0 Å². The van der Waals surface area contributed by atoms with E-state index in [1.807, 2.05) is 6.07 Å². The fourth-order valence-electron chi connectivity index (χ4n) is 2.84. The highest BCUT2D eigenvalue weighted by molar-refractivity contribution is 5.41. The van der Waals surface area contributed by atoms with Gasteiger partial charge in [-0.15, -0.1) is 0 Å². The predicted octanol–water partition coefficient (Wildman–Crippen LogP) is 3.71. The molecule has 1 unspecified atom stereocenters. The molecule has 0 radical (unpaired) electrons. The molecule has 0 saturated heterocycles. The Labute approximate surface area is 120 Å². The maximum absolute atomic E-state index is 5.81. The van der Waals surface area contributed by atoms with Crippen LogP contribution in [0, 0.1) is 0 Å². The predicted molar refractivity (Wildman–Crippen MR) is 82.2 cm³/mol. The molecule has 1 aliphatic rings. The van der Waals surface area contributed by atoms with Gasteiger partial charge >= 0.3 is 0 Å². The number of nitrogens with one attached hydrogen (secondary N) is 1. The summed E-state index contributed by atoms with van der Waals surface area (Å²) in [4.78, 5) is 0. The van der Waals surface area contributed by atoms with Crippen LogP contribution in [0.5, 0.6) is 5.75 Å². The highest BCUT2D eigenvalue weighted by atomic mass is 16.5. The van der Waals surface area contributed by atoms with E-state index in [0.717, 1.165) is 18.7 Å². The van der Waals surface area contributed by atoms with E-state index in [1.54, 1.807) is 0 Å². The van der Waals surface area contributed by atoms with Crippen LogP contribution in [0.1, 0.15) is 36.6 Å². The second-order valence-corrected chi connectivity index (χ2v) is 5.58. The molecular weight excluding hydrogens is 246 g/mol. The van der Waals surface area contributed by atoms with Crippen LogP contribution in [0.4, 0.5) is 0 Å². The van der Waals surface area contributed by atoms with Gasteiger partial charge in [0.2, 0.25) is 0 Å². The topological polar surface area (TPSA) is 21.3 Å². The number of hydrogen-bond acceptors (Lipinski definition) is 2. The van der Waals surface area contributed by atoms with Gasteiger partial charge in [-0.25, -0.2) is 0 Å². The van der Waals surface area contributed by atoms with Crippen LogP contribution in [-0.4, -0.2) is 12.6 Å². The van der Waals surface area contributed by atoms with Gasteiger partial charge in [0.1, 0.15) is 5.75 Å². The largest absolute Gasteiger partial charge is 0.491 e. The first kappa shape index (κ1) is 13.2. The third kappa shape index (κ3) is 2.70. The highest BCUT2D eigenvalue weighted by Gasteiger charge is 2.20. The zero-order valence-corrected chi connectivity index (χ0v) is 12.1. The Morgan fingerprint density at radius 2 is 1.95 bits per heavy atom. The Kier molecular flexibility index (Phi) is 3.75. The molecule has 1 N–H and O–H groups in total. The van der Waals surface area contributed by atoms with Crippen LogP contribution in [0.3, 0.4) is 0 Å². The lowest BCUT2D eigenvalue weighted by Gasteiger charge is -2.27. The fourth-order valence-corrected chi connectivity index (χ4v) is 2.84. The minimum Gasteiger partial charge on any atom is -0.491 e. The van der Waals surface area contributed by atoms with E-state index in [4.69, 9.17) is 4.74 Å². The lowest BCUT2D eigenvalue weighted by atomic mass is 9.90. The zero-order valence-electron chi connectivity index (χ0n) is 12.1. The van der Waals surface area contributed by atoms with E-state index in [1.165, 1.54) is 16.7 Å². The Hall–Kier alpha value is -1.80. The average Bonchev–Trinajstić information content (AvgIpc) is 2.46. The quantitative estimate of drug-likeness (QED) is 0.915. The van der Waals surface area contributed by atoms with E-state index in [2.05, 4.69) is 61.6 Å². The molecular formula is C18H21NO. The van der Waals surface area contributed by atoms with Crippen LogP contribution in [-0.2, 0) is 6.42 Å². The SMILES string of the molecule is CC(C)Oc1cccc(C2NCCc3ccccc32)c1. The van der Waals surface area contributed by atoms with Crippen molar-refractivity contribution in [3.05, 3.63) is 65.2 Å². The van der Waals surface area contributed by atoms with Crippen molar-refractivity contribution >= 4 is 0 Å². The molecule has 0 fully saturated rings. The highest BCUT2D eigenvalue weighted by Crippen LogP contribution is 2.30. The summed E-state index contributed by atoms with van der Waals surface area (Å²) in [6.07, 6.45) is 1.31. The van der Waals surface area contributed by atoms with Gasteiger partial charge in [-0.2, -0.15) is 0 Å². The zero-order chi connectivity index (χ0) is 13.9. The van der Waals surface area contributed by atoms with Crippen molar-refractivity contribution < 1.29 is 4.74 Å². The summed E-state index contributed by atoms with van der Waals surface area (Å²) >= 11 is 0. The van der Waals surface area contributed by atoms with Crippen molar-refractivity contribution in [1.29, 1.82) is 0 Å². The maximum Gasteiger partial charge on any atom is 0.120 e. The van der Waals surface area contributed by atoms with Crippen LogP contribution in [0.2, 0.25) is 0 Å². The van der Waals surface area contributed by atoms with Crippen molar-refractivity contribution in [3.63, 3.8) is 0 Å². The number of benzene rings is 2. The summed E-state index contributed by atoms with van der Waals surface area (Å²) in [6, 6.07) is 17.4. The molecule has 2 aromatic rings. The van der Waals surface area contributed by atoms with Gasteiger partial charge < -0.3 is 10.1 Å². The fraction of sp³-hybridized carbons (Fsp3) is 0.333. The van der Waals surface area contributed by atoms with Gasteiger partial charge in [0.15, 0.2) is 0 Å². The Morgan fingerprint density at radius 3 is 2.80 bits per heavy atom. The molecule has 0 aromatic heterocycles. The van der Waals surface area contributed by atoms with Crippen molar-refractivity contribution in [1.82, 2.24) is 5.32 Å². The molecule has 0 spiro atoms. The van der Waals surface area contributed by atoms with Crippen molar-refractivity contribution in [3.8, 4) is 5.75 Å². The minimum absolute atomic E-state index is 0.205. The second-order valence-electron chi connectivity index (χ2n) is 5.58. The van der Waals surface area contributed by atoms with E-state index < -0.39 is 0 Å². The molecule has 1 aliphatic heterocycles. The number of rotatable bonds is 3. The van der Waals surface area contributed by atoms with E-state index in [9.17, 15) is 0 Å². The standard InChI is InChI=1S/C18H21NO/c1-13(2)20-16-8-5-7-15(12-16)18-17-9-4-3-6-14(17)10-11-19-18/h3-9,12-13,18-19H,10-11H2,1-2H3. The van der Waals surface area contributed by atoms with Gasteiger partial charge in [-0.05, 0) is 49.1 Å². The van der Waals surface area contributed by atoms with Crippen molar-refractivity contribution in [2.24, 2.45) is 0 Å². The summed E-state index contributed by atoms with van der Waals surface area (Å²) < 4.78 is 5.81.